The molecule has 0 unspecified atom stereocenters. The predicted molar refractivity (Wildman–Crippen MR) is 96.9 cm³/mol. The maximum atomic E-state index is 13.1. The number of nitrogens with two attached hydrogens (primary N) is 1. The van der Waals surface area contributed by atoms with Crippen LogP contribution in [0.3, 0.4) is 0 Å². The Morgan fingerprint density at radius 1 is 1.19 bits per heavy atom. The first-order valence-corrected chi connectivity index (χ1v) is 7.83. The van der Waals surface area contributed by atoms with E-state index in [-0.39, 0.29) is 17.3 Å². The van der Waals surface area contributed by atoms with Gasteiger partial charge in [0.25, 0.3) is 5.91 Å². The van der Waals surface area contributed by atoms with Gasteiger partial charge >= 0.3 is 11.8 Å². The fourth-order valence-corrected chi connectivity index (χ4v) is 2.00. The molecule has 4 N–H and O–H groups in total. The molecule has 0 aromatic heterocycles. The van der Waals surface area contributed by atoms with Crippen molar-refractivity contribution in [2.75, 3.05) is 11.9 Å². The number of carbonyl (C=O) groups is 3. The number of nitrogens with zero attached hydrogens (tertiary/aromatic N) is 1. The number of anilines is 1. The fourth-order valence-electron chi connectivity index (χ4n) is 1.82. The van der Waals surface area contributed by atoms with Gasteiger partial charge in [0.05, 0.1) is 11.2 Å². The molecule has 0 bridgehead atoms. The van der Waals surface area contributed by atoms with Crippen LogP contribution in [-0.4, -0.2) is 30.5 Å². The van der Waals surface area contributed by atoms with E-state index >= 15 is 0 Å². The Labute approximate surface area is 158 Å². The molecule has 2 aromatic rings. The average molecular weight is 393 g/mol. The minimum atomic E-state index is -1.03. The first-order chi connectivity index (χ1) is 12.8. The molecule has 0 aliphatic carbocycles. The molecule has 27 heavy (non-hydrogen) atoms. The van der Waals surface area contributed by atoms with Crippen molar-refractivity contribution >= 4 is 41.2 Å². The van der Waals surface area contributed by atoms with Crippen molar-refractivity contribution in [3.05, 3.63) is 58.9 Å². The largest absolute Gasteiger partial charge is 0.484 e. The van der Waals surface area contributed by atoms with E-state index in [1.165, 1.54) is 18.3 Å². The first kappa shape index (κ1) is 19.9. The Bertz CT molecular complexity index is 904. The van der Waals surface area contributed by atoms with Gasteiger partial charge in [-0.2, -0.15) is 5.10 Å². The molecule has 3 amide bonds. The van der Waals surface area contributed by atoms with Crippen molar-refractivity contribution in [1.82, 2.24) is 5.43 Å². The molecule has 0 saturated carbocycles. The van der Waals surface area contributed by atoms with Gasteiger partial charge < -0.3 is 15.8 Å². The molecule has 0 saturated heterocycles. The van der Waals surface area contributed by atoms with Gasteiger partial charge in [0, 0.05) is 5.69 Å². The van der Waals surface area contributed by atoms with E-state index in [0.29, 0.717) is 11.3 Å². The number of ether oxygens (including phenoxy) is 1. The summed E-state index contributed by atoms with van der Waals surface area (Å²) in [5.41, 5.74) is 7.73. The van der Waals surface area contributed by atoms with Crippen LogP contribution in [-0.2, 0) is 14.4 Å². The molecule has 0 fully saturated rings. The van der Waals surface area contributed by atoms with E-state index in [1.54, 1.807) is 24.3 Å². The normalized spacial score (nSPS) is 10.4. The molecule has 0 aliphatic rings. The standard InChI is InChI=1S/C17H14ClFN4O4/c18-13-7-11(4-5-14(13)19)22-16(25)17(26)23-21-8-10-2-1-3-12(6-10)27-9-15(20)24/h1-8H,9H2,(H2,20,24)(H,22,25)(H,23,26)/b21-8+. The number of carbonyl (C=O) groups excluding carboxylic acids is 3. The van der Waals surface area contributed by atoms with Gasteiger partial charge in [-0.15, -0.1) is 0 Å². The Morgan fingerprint density at radius 3 is 2.67 bits per heavy atom. The quantitative estimate of drug-likeness (QED) is 0.391. The van der Waals surface area contributed by atoms with E-state index in [2.05, 4.69) is 10.4 Å². The monoisotopic (exact) mass is 392 g/mol. The highest BCUT2D eigenvalue weighted by atomic mass is 35.5. The van der Waals surface area contributed by atoms with Crippen LogP contribution in [0.25, 0.3) is 0 Å². The molecule has 0 spiro atoms. The number of hydrazone groups is 1. The molecule has 0 aliphatic heterocycles. The van der Waals surface area contributed by atoms with E-state index in [9.17, 15) is 18.8 Å². The van der Waals surface area contributed by atoms with Crippen LogP contribution in [0, 0.1) is 5.82 Å². The second-order valence-corrected chi connectivity index (χ2v) is 5.52. The maximum absolute atomic E-state index is 13.1. The number of nitrogens with one attached hydrogen (secondary N) is 2. The van der Waals surface area contributed by atoms with Gasteiger partial charge in [-0.1, -0.05) is 23.7 Å². The van der Waals surface area contributed by atoms with Crippen LogP contribution >= 0.6 is 11.6 Å². The van der Waals surface area contributed by atoms with E-state index < -0.39 is 23.5 Å². The fraction of sp³-hybridized carbons (Fsp3) is 0.0588. The second kappa shape index (κ2) is 9.30. The highest BCUT2D eigenvalue weighted by Crippen LogP contribution is 2.19. The van der Waals surface area contributed by atoms with E-state index in [4.69, 9.17) is 22.1 Å². The minimum absolute atomic E-state index is 0.157. The molecule has 8 nitrogen and oxygen atoms in total. The summed E-state index contributed by atoms with van der Waals surface area (Å²) in [6, 6.07) is 9.95. The lowest BCUT2D eigenvalue weighted by molar-refractivity contribution is -0.136. The number of primary amides is 1. The lowest BCUT2D eigenvalue weighted by atomic mass is 10.2. The lowest BCUT2D eigenvalue weighted by Gasteiger charge is -2.05. The Kier molecular flexibility index (Phi) is 6.84. The lowest BCUT2D eigenvalue weighted by Crippen LogP contribution is -2.32. The summed E-state index contributed by atoms with van der Waals surface area (Å²) < 4.78 is 18.2. The maximum Gasteiger partial charge on any atom is 0.329 e. The Balaban J connectivity index is 1.90. The SMILES string of the molecule is NC(=O)COc1cccc(/C=N/NC(=O)C(=O)Nc2ccc(F)c(Cl)c2)c1. The number of hydrogen-bond acceptors (Lipinski definition) is 5. The molecule has 0 radical (unpaired) electrons. The van der Waals surface area contributed by atoms with Crippen LogP contribution < -0.4 is 21.2 Å². The van der Waals surface area contributed by atoms with Gasteiger partial charge in [0.2, 0.25) is 0 Å². The number of halogens is 2. The van der Waals surface area contributed by atoms with E-state index in [0.717, 1.165) is 6.07 Å². The molecule has 2 rings (SSSR count). The summed E-state index contributed by atoms with van der Waals surface area (Å²) in [5.74, 6) is -2.92. The second-order valence-electron chi connectivity index (χ2n) is 5.11. The summed E-state index contributed by atoms with van der Waals surface area (Å²) in [5, 5.41) is 5.72. The summed E-state index contributed by atoms with van der Waals surface area (Å²) in [6.45, 7) is -0.273. The summed E-state index contributed by atoms with van der Waals surface area (Å²) in [4.78, 5) is 34.2. The average Bonchev–Trinajstić information content (AvgIpc) is 2.63. The van der Waals surface area contributed by atoms with Crippen molar-refractivity contribution in [3.63, 3.8) is 0 Å². The predicted octanol–water partition coefficient (Wildman–Crippen LogP) is 1.43. The molecule has 2 aromatic carbocycles. The minimum Gasteiger partial charge on any atom is -0.484 e. The van der Waals surface area contributed by atoms with Gasteiger partial charge in [0.15, 0.2) is 6.61 Å². The highest BCUT2D eigenvalue weighted by Gasteiger charge is 2.13. The number of amides is 3. The summed E-state index contributed by atoms with van der Waals surface area (Å²) in [6.07, 6.45) is 1.27. The third kappa shape index (κ3) is 6.40. The van der Waals surface area contributed by atoms with E-state index in [1.807, 2.05) is 5.43 Å². The zero-order chi connectivity index (χ0) is 19.8. The Morgan fingerprint density at radius 2 is 1.96 bits per heavy atom. The van der Waals surface area contributed by atoms with Gasteiger partial charge in [-0.25, -0.2) is 9.82 Å². The molecule has 140 valence electrons. The van der Waals surface area contributed by atoms with Crippen molar-refractivity contribution in [3.8, 4) is 5.75 Å². The Hall–Kier alpha value is -3.46. The molecule has 0 heterocycles. The van der Waals surface area contributed by atoms with Gasteiger partial charge in [-0.3, -0.25) is 14.4 Å². The van der Waals surface area contributed by atoms with Crippen molar-refractivity contribution in [2.24, 2.45) is 10.8 Å². The van der Waals surface area contributed by atoms with Crippen LogP contribution in [0.2, 0.25) is 5.02 Å². The van der Waals surface area contributed by atoms with Crippen LogP contribution in [0.15, 0.2) is 47.6 Å². The zero-order valence-electron chi connectivity index (χ0n) is 13.7. The third-order valence-corrected chi connectivity index (χ3v) is 3.29. The third-order valence-electron chi connectivity index (χ3n) is 3.00. The summed E-state index contributed by atoms with van der Waals surface area (Å²) >= 11 is 5.59. The number of benzene rings is 2. The van der Waals surface area contributed by atoms with Crippen molar-refractivity contribution in [2.45, 2.75) is 0 Å². The number of hydrogen-bond donors (Lipinski definition) is 3. The van der Waals surface area contributed by atoms with Crippen LogP contribution in [0.1, 0.15) is 5.56 Å². The molecular weight excluding hydrogens is 379 g/mol. The molecule has 10 heteroatoms. The van der Waals surface area contributed by atoms with Crippen molar-refractivity contribution in [1.29, 1.82) is 0 Å². The molecular formula is C17H14ClFN4O4. The first-order valence-electron chi connectivity index (χ1n) is 7.46. The topological polar surface area (TPSA) is 123 Å². The highest BCUT2D eigenvalue weighted by molar-refractivity contribution is 6.39. The number of rotatable bonds is 6. The smallest absolute Gasteiger partial charge is 0.329 e. The molecule has 0 atom stereocenters. The van der Waals surface area contributed by atoms with Gasteiger partial charge in [-0.05, 0) is 35.9 Å². The summed E-state index contributed by atoms with van der Waals surface area (Å²) in [7, 11) is 0. The van der Waals surface area contributed by atoms with Crippen LogP contribution in [0.5, 0.6) is 5.75 Å². The van der Waals surface area contributed by atoms with Crippen molar-refractivity contribution < 1.29 is 23.5 Å². The van der Waals surface area contributed by atoms with Crippen LogP contribution in [0.4, 0.5) is 10.1 Å². The zero-order valence-corrected chi connectivity index (χ0v) is 14.5. The van der Waals surface area contributed by atoms with Gasteiger partial charge in [0.1, 0.15) is 11.6 Å².